The van der Waals surface area contributed by atoms with E-state index in [9.17, 15) is 8.42 Å². The van der Waals surface area contributed by atoms with Gasteiger partial charge in [0.05, 0.1) is 15.6 Å². The van der Waals surface area contributed by atoms with E-state index >= 15 is 0 Å². The zero-order valence-electron chi connectivity index (χ0n) is 14.5. The first-order valence-electron chi connectivity index (χ1n) is 7.98. The van der Waals surface area contributed by atoms with Crippen molar-refractivity contribution in [3.63, 3.8) is 0 Å². The Morgan fingerprint density at radius 1 is 1.15 bits per heavy atom. The lowest BCUT2D eigenvalue weighted by atomic mass is 10.0. The summed E-state index contributed by atoms with van der Waals surface area (Å²) >= 11 is 5.80. The molecular formula is C18H18ClN3O3S. The summed E-state index contributed by atoms with van der Waals surface area (Å²) in [7, 11) is -3.84. The van der Waals surface area contributed by atoms with Gasteiger partial charge in [0.2, 0.25) is 0 Å². The highest BCUT2D eigenvalue weighted by Crippen LogP contribution is 2.31. The molecule has 0 spiro atoms. The smallest absolute Gasteiger partial charge is 0.263 e. The topological polar surface area (TPSA) is 85.1 Å². The first-order chi connectivity index (χ1) is 12.3. The summed E-state index contributed by atoms with van der Waals surface area (Å²) in [5.41, 5.74) is 2.06. The maximum Gasteiger partial charge on any atom is 0.263 e. The number of anilines is 1. The van der Waals surface area contributed by atoms with Crippen molar-refractivity contribution in [1.82, 2.24) is 10.1 Å². The Kier molecular flexibility index (Phi) is 5.02. The normalized spacial score (nSPS) is 11.7. The fraction of sp³-hybridized carbons (Fsp3) is 0.222. The van der Waals surface area contributed by atoms with Gasteiger partial charge in [-0.25, -0.2) is 13.4 Å². The molecular weight excluding hydrogens is 374 g/mol. The molecule has 0 atom stereocenters. The Balaban J connectivity index is 2.06. The lowest BCUT2D eigenvalue weighted by Gasteiger charge is -2.15. The molecule has 0 saturated carbocycles. The largest absolute Gasteiger partial charge is 0.356 e. The van der Waals surface area contributed by atoms with Gasteiger partial charge in [0.1, 0.15) is 5.82 Å². The molecule has 3 rings (SSSR count). The summed E-state index contributed by atoms with van der Waals surface area (Å²) in [5, 5.41) is 4.28. The average molecular weight is 392 g/mol. The highest BCUT2D eigenvalue weighted by atomic mass is 35.5. The molecule has 8 heteroatoms. The van der Waals surface area contributed by atoms with Crippen LogP contribution in [-0.2, 0) is 10.0 Å². The van der Waals surface area contributed by atoms with Crippen molar-refractivity contribution in [3.8, 4) is 11.3 Å². The van der Waals surface area contributed by atoms with Gasteiger partial charge in [-0.2, -0.15) is 0 Å². The second-order valence-electron chi connectivity index (χ2n) is 6.21. The van der Waals surface area contributed by atoms with Crippen molar-refractivity contribution in [2.24, 2.45) is 0 Å². The van der Waals surface area contributed by atoms with Crippen LogP contribution in [0, 0.1) is 6.92 Å². The van der Waals surface area contributed by atoms with Gasteiger partial charge in [-0.15, -0.1) is 0 Å². The minimum Gasteiger partial charge on any atom is -0.356 e. The first kappa shape index (κ1) is 18.4. The van der Waals surface area contributed by atoms with Crippen molar-refractivity contribution in [2.75, 3.05) is 4.72 Å². The number of halogens is 1. The van der Waals surface area contributed by atoms with Gasteiger partial charge < -0.3 is 4.52 Å². The predicted molar refractivity (Wildman–Crippen MR) is 101 cm³/mol. The van der Waals surface area contributed by atoms with Gasteiger partial charge in [-0.3, -0.25) is 4.72 Å². The van der Waals surface area contributed by atoms with Crippen LogP contribution in [0.15, 0.2) is 52.0 Å². The van der Waals surface area contributed by atoms with Crippen molar-refractivity contribution in [2.45, 2.75) is 31.6 Å². The molecule has 0 radical (unpaired) electrons. The molecule has 2 heterocycles. The van der Waals surface area contributed by atoms with Gasteiger partial charge in [0.25, 0.3) is 10.0 Å². The van der Waals surface area contributed by atoms with Crippen LogP contribution in [0.2, 0.25) is 5.02 Å². The maximum absolute atomic E-state index is 13.0. The number of aromatic nitrogens is 2. The van der Waals surface area contributed by atoms with E-state index < -0.39 is 10.0 Å². The van der Waals surface area contributed by atoms with Crippen LogP contribution >= 0.6 is 11.6 Å². The third-order valence-electron chi connectivity index (χ3n) is 3.80. The van der Waals surface area contributed by atoms with Crippen molar-refractivity contribution in [1.29, 1.82) is 0 Å². The third kappa shape index (κ3) is 3.89. The number of nitrogens with zero attached hydrogens (tertiary/aromatic N) is 2. The lowest BCUT2D eigenvalue weighted by Crippen LogP contribution is -2.16. The Morgan fingerprint density at radius 2 is 1.92 bits per heavy atom. The molecule has 0 fully saturated rings. The molecule has 26 heavy (non-hydrogen) atoms. The fourth-order valence-corrected chi connectivity index (χ4v) is 4.04. The van der Waals surface area contributed by atoms with E-state index in [-0.39, 0.29) is 16.6 Å². The van der Waals surface area contributed by atoms with E-state index in [1.54, 1.807) is 31.2 Å². The predicted octanol–water partition coefficient (Wildman–Crippen LogP) is 4.62. The Labute approximate surface area is 157 Å². The van der Waals surface area contributed by atoms with E-state index in [1.165, 1.54) is 12.3 Å². The van der Waals surface area contributed by atoms with Crippen LogP contribution in [-0.4, -0.2) is 18.6 Å². The van der Waals surface area contributed by atoms with Crippen LogP contribution in [0.3, 0.4) is 0 Å². The minimum atomic E-state index is -3.84. The number of hydrogen-bond donors (Lipinski definition) is 1. The van der Waals surface area contributed by atoms with Gasteiger partial charge in [0, 0.05) is 17.8 Å². The highest BCUT2D eigenvalue weighted by molar-refractivity contribution is 7.92. The van der Waals surface area contributed by atoms with E-state index in [0.717, 1.165) is 5.69 Å². The number of pyridine rings is 1. The fourth-order valence-electron chi connectivity index (χ4n) is 2.53. The molecule has 0 amide bonds. The summed E-state index contributed by atoms with van der Waals surface area (Å²) in [4.78, 5) is 4.17. The summed E-state index contributed by atoms with van der Waals surface area (Å²) in [6.45, 7) is 5.68. The number of aryl methyl sites for hydroxylation is 1. The van der Waals surface area contributed by atoms with Crippen molar-refractivity contribution in [3.05, 3.63) is 58.9 Å². The molecule has 1 aromatic carbocycles. The highest BCUT2D eigenvalue weighted by Gasteiger charge is 2.22. The number of hydrogen-bond acceptors (Lipinski definition) is 5. The second kappa shape index (κ2) is 7.09. The number of sulfonamides is 1. The molecule has 6 nitrogen and oxygen atoms in total. The SMILES string of the molecule is Cc1cc(-c2ccc(C(C)C)c(S(=O)(=O)Nc3ccc(Cl)cn3)c2)on1. The van der Waals surface area contributed by atoms with Gasteiger partial charge >= 0.3 is 0 Å². The summed E-state index contributed by atoms with van der Waals surface area (Å²) in [6, 6.07) is 10.1. The number of nitrogens with one attached hydrogen (secondary N) is 1. The summed E-state index contributed by atoms with van der Waals surface area (Å²) in [5.74, 6) is 0.731. The third-order valence-corrected chi connectivity index (χ3v) is 5.44. The van der Waals surface area contributed by atoms with Crippen LogP contribution in [0.1, 0.15) is 31.0 Å². The molecule has 0 saturated heterocycles. The zero-order valence-corrected chi connectivity index (χ0v) is 16.1. The average Bonchev–Trinajstić information content (AvgIpc) is 3.02. The van der Waals surface area contributed by atoms with Gasteiger partial charge in [-0.1, -0.05) is 42.7 Å². The maximum atomic E-state index is 13.0. The van der Waals surface area contributed by atoms with Crippen LogP contribution in [0.4, 0.5) is 5.82 Å². The molecule has 1 N–H and O–H groups in total. The first-order valence-corrected chi connectivity index (χ1v) is 9.84. The lowest BCUT2D eigenvalue weighted by molar-refractivity contribution is 0.427. The second-order valence-corrected chi connectivity index (χ2v) is 8.29. The molecule has 2 aromatic heterocycles. The van der Waals surface area contributed by atoms with Crippen LogP contribution < -0.4 is 4.72 Å². The number of benzene rings is 1. The molecule has 0 unspecified atom stereocenters. The molecule has 0 bridgehead atoms. The monoisotopic (exact) mass is 391 g/mol. The quantitative estimate of drug-likeness (QED) is 0.685. The molecule has 0 aliphatic rings. The molecule has 3 aromatic rings. The van der Waals surface area contributed by atoms with Crippen LogP contribution in [0.25, 0.3) is 11.3 Å². The molecule has 136 valence electrons. The van der Waals surface area contributed by atoms with Gasteiger partial charge in [0.15, 0.2) is 5.76 Å². The minimum absolute atomic E-state index is 0.0188. The Bertz CT molecular complexity index is 1030. The van der Waals surface area contributed by atoms with Gasteiger partial charge in [-0.05, 0) is 36.6 Å². The Morgan fingerprint density at radius 3 is 2.50 bits per heavy atom. The Hall–Kier alpha value is -2.38. The van der Waals surface area contributed by atoms with E-state index in [4.69, 9.17) is 16.1 Å². The van der Waals surface area contributed by atoms with E-state index in [0.29, 0.717) is 21.9 Å². The van der Waals surface area contributed by atoms with E-state index in [1.807, 2.05) is 19.9 Å². The van der Waals surface area contributed by atoms with Crippen LogP contribution in [0.5, 0.6) is 0 Å². The zero-order chi connectivity index (χ0) is 18.9. The molecule has 0 aliphatic carbocycles. The van der Waals surface area contributed by atoms with Crippen molar-refractivity contribution < 1.29 is 12.9 Å². The molecule has 0 aliphatic heterocycles. The number of rotatable bonds is 5. The van der Waals surface area contributed by atoms with Crippen molar-refractivity contribution >= 4 is 27.4 Å². The standard InChI is InChI=1S/C18H18ClN3O3S/c1-11(2)15-6-4-13(16-8-12(3)21-25-16)9-17(15)26(23,24)22-18-7-5-14(19)10-20-18/h4-11H,1-3H3,(H,20,22). The van der Waals surface area contributed by atoms with E-state index in [2.05, 4.69) is 14.9 Å². The summed E-state index contributed by atoms with van der Waals surface area (Å²) < 4.78 is 33.7. The summed E-state index contributed by atoms with van der Waals surface area (Å²) in [6.07, 6.45) is 1.39.